The van der Waals surface area contributed by atoms with Gasteiger partial charge in [-0.1, -0.05) is 0 Å². The van der Waals surface area contributed by atoms with E-state index in [1.54, 1.807) is 31.2 Å². The van der Waals surface area contributed by atoms with Crippen molar-refractivity contribution in [2.24, 2.45) is 0 Å². The molecule has 0 atom stereocenters. The van der Waals surface area contributed by atoms with Crippen LogP contribution in [0.2, 0.25) is 0 Å². The number of sulfonamides is 1. The fraction of sp³-hybridized carbons (Fsp3) is 0.200. The van der Waals surface area contributed by atoms with E-state index < -0.39 is 15.6 Å². The molecule has 2 heterocycles. The van der Waals surface area contributed by atoms with Crippen LogP contribution in [0.15, 0.2) is 46.2 Å². The first kappa shape index (κ1) is 16.1. The standard InChI is InChI=1S/C15H16N4O4S/c1-3-23-12-6-4-11(5-7-12)18-24(21,22)13-8-14-15(20)17-16-10(2)19(14)9-13/h4-9,18H,3H2,1-2H3,(H,17,20). The van der Waals surface area contributed by atoms with Crippen LogP contribution in [0.5, 0.6) is 5.75 Å². The number of H-pyrrole nitrogens is 1. The maximum atomic E-state index is 12.5. The van der Waals surface area contributed by atoms with Gasteiger partial charge in [0, 0.05) is 11.9 Å². The molecule has 0 aliphatic rings. The molecule has 0 amide bonds. The van der Waals surface area contributed by atoms with E-state index in [0.29, 0.717) is 23.9 Å². The van der Waals surface area contributed by atoms with Crippen LogP contribution in [0.3, 0.4) is 0 Å². The number of ether oxygens (including phenoxy) is 1. The van der Waals surface area contributed by atoms with Crippen molar-refractivity contribution in [2.75, 3.05) is 11.3 Å². The third-order valence-corrected chi connectivity index (χ3v) is 4.77. The molecule has 24 heavy (non-hydrogen) atoms. The van der Waals surface area contributed by atoms with E-state index in [0.717, 1.165) is 0 Å². The summed E-state index contributed by atoms with van der Waals surface area (Å²) in [5.41, 5.74) is 0.162. The van der Waals surface area contributed by atoms with Gasteiger partial charge >= 0.3 is 0 Å². The summed E-state index contributed by atoms with van der Waals surface area (Å²) in [6.45, 7) is 4.07. The van der Waals surface area contributed by atoms with Gasteiger partial charge in [0.15, 0.2) is 0 Å². The smallest absolute Gasteiger partial charge is 0.288 e. The zero-order valence-electron chi connectivity index (χ0n) is 13.1. The molecule has 0 unspecified atom stereocenters. The van der Waals surface area contributed by atoms with Crippen LogP contribution in [-0.4, -0.2) is 29.6 Å². The number of hydrogen-bond acceptors (Lipinski definition) is 5. The topological polar surface area (TPSA) is 106 Å². The summed E-state index contributed by atoms with van der Waals surface area (Å²) < 4.78 is 34.3. The lowest BCUT2D eigenvalue weighted by Gasteiger charge is -2.07. The van der Waals surface area contributed by atoms with Gasteiger partial charge in [0.1, 0.15) is 22.0 Å². The molecule has 2 N–H and O–H groups in total. The molecule has 0 saturated heterocycles. The monoisotopic (exact) mass is 348 g/mol. The largest absolute Gasteiger partial charge is 0.494 e. The van der Waals surface area contributed by atoms with E-state index >= 15 is 0 Å². The molecule has 3 rings (SSSR count). The fourth-order valence-corrected chi connectivity index (χ4v) is 3.35. The zero-order chi connectivity index (χ0) is 17.3. The minimum Gasteiger partial charge on any atom is -0.494 e. The van der Waals surface area contributed by atoms with Crippen LogP contribution in [0.1, 0.15) is 12.7 Å². The molecule has 126 valence electrons. The van der Waals surface area contributed by atoms with Gasteiger partial charge in [0.2, 0.25) is 0 Å². The Kier molecular flexibility index (Phi) is 4.02. The molecule has 0 radical (unpaired) electrons. The summed E-state index contributed by atoms with van der Waals surface area (Å²) in [5, 5.41) is 6.13. The predicted molar refractivity (Wildman–Crippen MR) is 89.0 cm³/mol. The van der Waals surface area contributed by atoms with E-state index in [-0.39, 0.29) is 10.4 Å². The number of nitrogens with zero attached hydrogens (tertiary/aromatic N) is 2. The number of aromatic nitrogens is 3. The van der Waals surface area contributed by atoms with E-state index in [9.17, 15) is 13.2 Å². The van der Waals surface area contributed by atoms with Gasteiger partial charge in [-0.3, -0.25) is 13.9 Å². The second-order valence-corrected chi connectivity index (χ2v) is 6.78. The summed E-state index contributed by atoms with van der Waals surface area (Å²) >= 11 is 0. The molecule has 3 aromatic rings. The highest BCUT2D eigenvalue weighted by molar-refractivity contribution is 7.92. The molecule has 0 saturated carbocycles. The number of nitrogens with one attached hydrogen (secondary N) is 2. The molecule has 2 aromatic heterocycles. The number of benzene rings is 1. The van der Waals surface area contributed by atoms with Crippen molar-refractivity contribution in [3.63, 3.8) is 0 Å². The molecule has 0 fully saturated rings. The quantitative estimate of drug-likeness (QED) is 0.727. The van der Waals surface area contributed by atoms with Crippen molar-refractivity contribution in [3.8, 4) is 5.75 Å². The lowest BCUT2D eigenvalue weighted by atomic mass is 10.3. The van der Waals surface area contributed by atoms with E-state index in [4.69, 9.17) is 4.74 Å². The SMILES string of the molecule is CCOc1ccc(NS(=O)(=O)c2cc3c(=O)[nH]nc(C)n3c2)cc1. The average Bonchev–Trinajstić information content (AvgIpc) is 3.01. The molecule has 0 aliphatic carbocycles. The number of aryl methyl sites for hydroxylation is 1. The van der Waals surface area contributed by atoms with Gasteiger partial charge in [-0.05, 0) is 44.2 Å². The number of rotatable bonds is 5. The lowest BCUT2D eigenvalue weighted by Crippen LogP contribution is -2.12. The van der Waals surface area contributed by atoms with E-state index in [1.165, 1.54) is 16.7 Å². The summed E-state index contributed by atoms with van der Waals surface area (Å²) in [4.78, 5) is 11.7. The second-order valence-electron chi connectivity index (χ2n) is 5.09. The van der Waals surface area contributed by atoms with Crippen molar-refractivity contribution in [1.82, 2.24) is 14.6 Å². The molecular weight excluding hydrogens is 332 g/mol. The van der Waals surface area contributed by atoms with Crippen molar-refractivity contribution in [3.05, 3.63) is 52.7 Å². The van der Waals surface area contributed by atoms with Crippen LogP contribution in [0.4, 0.5) is 5.69 Å². The normalized spacial score (nSPS) is 11.6. The van der Waals surface area contributed by atoms with Crippen molar-refractivity contribution >= 4 is 21.2 Å². The Hall–Kier alpha value is -2.81. The highest BCUT2D eigenvalue weighted by Gasteiger charge is 2.18. The fourth-order valence-electron chi connectivity index (χ4n) is 2.27. The van der Waals surface area contributed by atoms with Crippen molar-refractivity contribution in [2.45, 2.75) is 18.7 Å². The Balaban J connectivity index is 1.94. The zero-order valence-corrected chi connectivity index (χ0v) is 13.9. The maximum absolute atomic E-state index is 12.5. The Morgan fingerprint density at radius 3 is 2.62 bits per heavy atom. The summed E-state index contributed by atoms with van der Waals surface area (Å²) in [6, 6.07) is 7.88. The number of anilines is 1. The van der Waals surface area contributed by atoms with Crippen LogP contribution in [0, 0.1) is 6.92 Å². The Morgan fingerprint density at radius 1 is 1.29 bits per heavy atom. The summed E-state index contributed by atoms with van der Waals surface area (Å²) in [6.07, 6.45) is 1.36. The van der Waals surface area contributed by atoms with Crippen LogP contribution in [0.25, 0.3) is 5.52 Å². The highest BCUT2D eigenvalue weighted by Crippen LogP contribution is 2.20. The summed E-state index contributed by atoms with van der Waals surface area (Å²) in [7, 11) is -3.83. The van der Waals surface area contributed by atoms with Gasteiger partial charge < -0.3 is 4.74 Å². The first-order valence-corrected chi connectivity index (χ1v) is 8.72. The number of aromatic amines is 1. The highest BCUT2D eigenvalue weighted by atomic mass is 32.2. The minimum atomic E-state index is -3.83. The minimum absolute atomic E-state index is 0.0158. The first-order valence-electron chi connectivity index (χ1n) is 7.24. The molecule has 0 spiro atoms. The third-order valence-electron chi connectivity index (χ3n) is 3.42. The van der Waals surface area contributed by atoms with Crippen LogP contribution in [-0.2, 0) is 10.0 Å². The van der Waals surface area contributed by atoms with E-state index in [2.05, 4.69) is 14.9 Å². The van der Waals surface area contributed by atoms with Crippen LogP contribution < -0.4 is 15.0 Å². The Morgan fingerprint density at radius 2 is 2.00 bits per heavy atom. The average molecular weight is 348 g/mol. The van der Waals surface area contributed by atoms with Crippen LogP contribution >= 0.6 is 0 Å². The van der Waals surface area contributed by atoms with Crippen molar-refractivity contribution < 1.29 is 13.2 Å². The summed E-state index contributed by atoms with van der Waals surface area (Å²) in [5.74, 6) is 1.13. The van der Waals surface area contributed by atoms with E-state index in [1.807, 2.05) is 6.92 Å². The second kappa shape index (κ2) is 6.00. The van der Waals surface area contributed by atoms with Gasteiger partial charge in [0.05, 0.1) is 6.61 Å². The van der Waals surface area contributed by atoms with Gasteiger partial charge in [-0.25, -0.2) is 13.5 Å². The molecular formula is C15H16N4O4S. The first-order chi connectivity index (χ1) is 11.4. The Bertz CT molecular complexity index is 1040. The third kappa shape index (κ3) is 2.98. The van der Waals surface area contributed by atoms with Gasteiger partial charge in [0.25, 0.3) is 15.6 Å². The molecule has 0 aliphatic heterocycles. The molecule has 0 bridgehead atoms. The molecule has 9 heteroatoms. The lowest BCUT2D eigenvalue weighted by molar-refractivity contribution is 0.340. The maximum Gasteiger partial charge on any atom is 0.288 e. The molecule has 1 aromatic carbocycles. The van der Waals surface area contributed by atoms with Gasteiger partial charge in [-0.2, -0.15) is 5.10 Å². The number of fused-ring (bicyclic) bond motifs is 1. The van der Waals surface area contributed by atoms with Crippen molar-refractivity contribution in [1.29, 1.82) is 0 Å². The van der Waals surface area contributed by atoms with Gasteiger partial charge in [-0.15, -0.1) is 0 Å². The predicted octanol–water partition coefficient (Wildman–Crippen LogP) is 1.53. The Labute approximate surface area is 138 Å². The molecule has 8 nitrogen and oxygen atoms in total. The number of hydrogen-bond donors (Lipinski definition) is 2.